The normalized spacial score (nSPS) is 16.7. The molecule has 1 aromatic rings. The number of rotatable bonds is 5. The number of hydrogen-bond donors (Lipinski definition) is 1. The molecule has 1 saturated heterocycles. The van der Waals surface area contributed by atoms with Gasteiger partial charge in [-0.3, -0.25) is 4.90 Å². The lowest BCUT2D eigenvalue weighted by atomic mass is 9.98. The molecule has 1 aliphatic rings. The van der Waals surface area contributed by atoms with E-state index in [1.54, 1.807) is 0 Å². The Morgan fingerprint density at radius 1 is 1.21 bits per heavy atom. The maximum absolute atomic E-state index is 4.17. The van der Waals surface area contributed by atoms with Gasteiger partial charge in [-0.05, 0) is 25.0 Å². The Morgan fingerprint density at radius 3 is 2.33 bits per heavy atom. The van der Waals surface area contributed by atoms with Gasteiger partial charge in [0.25, 0.3) is 0 Å². The van der Waals surface area contributed by atoms with Crippen LogP contribution in [-0.4, -0.2) is 35.8 Å². The number of halogens is 2. The van der Waals surface area contributed by atoms with Crippen molar-refractivity contribution in [3.05, 3.63) is 42.0 Å². The minimum Gasteiger partial charge on any atom is -0.314 e. The average molecular weight is 391 g/mol. The first kappa shape index (κ1) is 23.8. The summed E-state index contributed by atoms with van der Waals surface area (Å²) >= 11 is 1.97. The van der Waals surface area contributed by atoms with Crippen LogP contribution in [-0.2, 0) is 0 Å². The fraction of sp³-hybridized carbons (Fsp3) is 0.579. The molecule has 1 aliphatic heterocycles. The highest BCUT2D eigenvalue weighted by Crippen LogP contribution is 2.39. The quantitative estimate of drug-likeness (QED) is 0.539. The van der Waals surface area contributed by atoms with Crippen molar-refractivity contribution in [3.8, 4) is 0 Å². The lowest BCUT2D eigenvalue weighted by Crippen LogP contribution is -2.45. The van der Waals surface area contributed by atoms with Gasteiger partial charge in [0, 0.05) is 41.9 Å². The number of benzene rings is 1. The minimum atomic E-state index is 0. The molecule has 1 aromatic carbocycles. The molecule has 2 rings (SSSR count). The molecule has 0 unspecified atom stereocenters. The summed E-state index contributed by atoms with van der Waals surface area (Å²) in [6.45, 7) is 17.6. The van der Waals surface area contributed by atoms with Crippen molar-refractivity contribution in [1.82, 2.24) is 10.2 Å². The maximum Gasteiger partial charge on any atom is 0.0397 e. The summed E-state index contributed by atoms with van der Waals surface area (Å²) in [7, 11) is 0. The smallest absolute Gasteiger partial charge is 0.0397 e. The Balaban J connectivity index is 0.00000264. The molecule has 2 nitrogen and oxygen atoms in total. The maximum atomic E-state index is 4.17. The molecular formula is C19H32Cl2N2S. The molecule has 0 spiro atoms. The molecule has 0 aliphatic carbocycles. The van der Waals surface area contributed by atoms with Crippen LogP contribution in [0.15, 0.2) is 41.3 Å². The van der Waals surface area contributed by atoms with Crippen LogP contribution in [0.25, 0.3) is 0 Å². The summed E-state index contributed by atoms with van der Waals surface area (Å²) in [6.07, 6.45) is 1.04. The van der Waals surface area contributed by atoms with Gasteiger partial charge in [-0.1, -0.05) is 44.5 Å². The predicted octanol–water partition coefficient (Wildman–Crippen LogP) is 5.33. The van der Waals surface area contributed by atoms with Crippen molar-refractivity contribution < 1.29 is 0 Å². The highest BCUT2D eigenvalue weighted by Gasteiger charge is 2.25. The second-order valence-electron chi connectivity index (χ2n) is 7.22. The minimum absolute atomic E-state index is 0. The molecule has 0 radical (unpaired) electrons. The Hall–Kier alpha value is -0.190. The SMILES string of the molecule is C=C(C)C[C@@H](c1ccccc1SC(C)(C)C)N1CCNCC1.Cl.Cl. The number of piperazine rings is 1. The van der Waals surface area contributed by atoms with Crippen LogP contribution < -0.4 is 5.32 Å². The molecule has 1 heterocycles. The summed E-state index contributed by atoms with van der Waals surface area (Å²) in [5.41, 5.74) is 2.73. The highest BCUT2D eigenvalue weighted by molar-refractivity contribution is 8.00. The second kappa shape index (κ2) is 10.7. The van der Waals surface area contributed by atoms with Gasteiger partial charge in [0.05, 0.1) is 0 Å². The van der Waals surface area contributed by atoms with E-state index in [1.165, 1.54) is 16.0 Å². The summed E-state index contributed by atoms with van der Waals surface area (Å²) < 4.78 is 0.229. The Morgan fingerprint density at radius 2 is 1.79 bits per heavy atom. The fourth-order valence-corrected chi connectivity index (χ4v) is 4.07. The van der Waals surface area contributed by atoms with Gasteiger partial charge in [-0.25, -0.2) is 0 Å². The van der Waals surface area contributed by atoms with Gasteiger partial charge >= 0.3 is 0 Å². The van der Waals surface area contributed by atoms with E-state index in [4.69, 9.17) is 0 Å². The topological polar surface area (TPSA) is 15.3 Å². The molecular weight excluding hydrogens is 359 g/mol. The zero-order chi connectivity index (χ0) is 16.2. The lowest BCUT2D eigenvalue weighted by Gasteiger charge is -2.36. The molecule has 24 heavy (non-hydrogen) atoms. The summed E-state index contributed by atoms with van der Waals surface area (Å²) in [5, 5.41) is 3.46. The third-order valence-electron chi connectivity index (χ3n) is 3.83. The lowest BCUT2D eigenvalue weighted by molar-refractivity contribution is 0.170. The molecule has 138 valence electrons. The van der Waals surface area contributed by atoms with E-state index in [2.05, 4.69) is 68.8 Å². The first-order chi connectivity index (χ1) is 10.4. The molecule has 0 saturated carbocycles. The van der Waals surface area contributed by atoms with Crippen LogP contribution in [0.4, 0.5) is 0 Å². The summed E-state index contributed by atoms with van der Waals surface area (Å²) in [4.78, 5) is 4.03. The largest absolute Gasteiger partial charge is 0.314 e. The van der Waals surface area contributed by atoms with Crippen LogP contribution in [0.3, 0.4) is 0 Å². The standard InChI is InChI=1S/C19H30N2S.2ClH/c1-15(2)14-17(21-12-10-20-11-13-21)16-8-6-7-9-18(16)22-19(3,4)5;;/h6-9,17,20H,1,10-14H2,2-5H3;2*1H/t17-;;/m0../s1. The fourth-order valence-electron chi connectivity index (χ4n) is 2.94. The Kier molecular flexibility index (Phi) is 10.6. The molecule has 0 aromatic heterocycles. The molecule has 5 heteroatoms. The predicted molar refractivity (Wildman–Crippen MR) is 113 cm³/mol. The molecule has 1 atom stereocenters. The first-order valence-electron chi connectivity index (χ1n) is 8.24. The number of nitrogens with one attached hydrogen (secondary N) is 1. The second-order valence-corrected chi connectivity index (χ2v) is 9.08. The van der Waals surface area contributed by atoms with Gasteiger partial charge in [0.1, 0.15) is 0 Å². The third kappa shape index (κ3) is 7.37. The van der Waals surface area contributed by atoms with E-state index in [0.29, 0.717) is 6.04 Å². The van der Waals surface area contributed by atoms with E-state index in [9.17, 15) is 0 Å². The molecule has 0 amide bonds. The zero-order valence-corrected chi connectivity index (χ0v) is 17.8. The van der Waals surface area contributed by atoms with E-state index in [1.807, 2.05) is 11.8 Å². The van der Waals surface area contributed by atoms with Crippen molar-refractivity contribution in [2.45, 2.75) is 49.8 Å². The third-order valence-corrected chi connectivity index (χ3v) is 5.03. The number of nitrogens with zero attached hydrogens (tertiary/aromatic N) is 1. The van der Waals surface area contributed by atoms with Crippen molar-refractivity contribution in [1.29, 1.82) is 0 Å². The Labute approximate surface area is 164 Å². The van der Waals surface area contributed by atoms with Crippen molar-refractivity contribution in [3.63, 3.8) is 0 Å². The van der Waals surface area contributed by atoms with E-state index < -0.39 is 0 Å². The van der Waals surface area contributed by atoms with Crippen molar-refractivity contribution in [2.75, 3.05) is 26.2 Å². The summed E-state index contributed by atoms with van der Waals surface area (Å²) in [6, 6.07) is 9.37. The molecule has 1 fully saturated rings. The monoisotopic (exact) mass is 390 g/mol. The van der Waals surface area contributed by atoms with Crippen molar-refractivity contribution >= 4 is 36.6 Å². The average Bonchev–Trinajstić information content (AvgIpc) is 2.45. The van der Waals surface area contributed by atoms with Crippen LogP contribution in [0.5, 0.6) is 0 Å². The van der Waals surface area contributed by atoms with E-state index >= 15 is 0 Å². The first-order valence-corrected chi connectivity index (χ1v) is 9.05. The molecule has 0 bridgehead atoms. The Bertz CT molecular complexity index is 508. The van der Waals surface area contributed by atoms with Crippen molar-refractivity contribution in [2.24, 2.45) is 0 Å². The number of hydrogen-bond acceptors (Lipinski definition) is 3. The van der Waals surface area contributed by atoms with Gasteiger partial charge in [0.15, 0.2) is 0 Å². The van der Waals surface area contributed by atoms with Crippen LogP contribution >= 0.6 is 36.6 Å². The van der Waals surface area contributed by atoms with Crippen LogP contribution in [0.2, 0.25) is 0 Å². The highest BCUT2D eigenvalue weighted by atomic mass is 35.5. The number of thioether (sulfide) groups is 1. The van der Waals surface area contributed by atoms with Gasteiger partial charge in [-0.15, -0.1) is 43.2 Å². The van der Waals surface area contributed by atoms with Gasteiger partial charge in [-0.2, -0.15) is 0 Å². The van der Waals surface area contributed by atoms with Crippen LogP contribution in [0, 0.1) is 0 Å². The summed E-state index contributed by atoms with van der Waals surface area (Å²) in [5.74, 6) is 0. The van der Waals surface area contributed by atoms with Crippen LogP contribution in [0.1, 0.15) is 45.7 Å². The van der Waals surface area contributed by atoms with Gasteiger partial charge < -0.3 is 5.32 Å². The van der Waals surface area contributed by atoms with E-state index in [-0.39, 0.29) is 29.6 Å². The van der Waals surface area contributed by atoms with Gasteiger partial charge in [0.2, 0.25) is 0 Å². The zero-order valence-electron chi connectivity index (χ0n) is 15.3. The van der Waals surface area contributed by atoms with E-state index in [0.717, 1.165) is 32.6 Å². The molecule has 1 N–H and O–H groups in total.